The van der Waals surface area contributed by atoms with Gasteiger partial charge in [0.05, 0.1) is 18.8 Å². The summed E-state index contributed by atoms with van der Waals surface area (Å²) in [7, 11) is 0. The summed E-state index contributed by atoms with van der Waals surface area (Å²) < 4.78 is 24.4. The molecule has 1 aliphatic rings. The normalized spacial score (nSPS) is 16.2. The lowest BCUT2D eigenvalue weighted by Crippen LogP contribution is -2.44. The monoisotopic (exact) mass is 522 g/mol. The third kappa shape index (κ3) is 7.55. The van der Waals surface area contributed by atoms with E-state index in [4.69, 9.17) is 9.47 Å². The molecule has 0 unspecified atom stereocenters. The van der Waals surface area contributed by atoms with Crippen LogP contribution in [0.4, 0.5) is 24.5 Å². The summed E-state index contributed by atoms with van der Waals surface area (Å²) in [6.07, 6.45) is -1.72. The van der Waals surface area contributed by atoms with E-state index in [9.17, 15) is 18.8 Å². The van der Waals surface area contributed by atoms with Crippen molar-refractivity contribution in [1.29, 1.82) is 0 Å². The van der Waals surface area contributed by atoms with Crippen LogP contribution in [0.5, 0.6) is 0 Å². The molecule has 0 bridgehead atoms. The van der Waals surface area contributed by atoms with Crippen molar-refractivity contribution < 1.29 is 28.2 Å². The molecule has 1 saturated heterocycles. The number of nitrogens with zero attached hydrogens (tertiary/aromatic N) is 1. The second-order valence-electron chi connectivity index (χ2n) is 7.28. The van der Waals surface area contributed by atoms with Gasteiger partial charge in [-0.15, -0.1) is 0 Å². The van der Waals surface area contributed by atoms with E-state index in [1.54, 1.807) is 32.9 Å². The summed E-state index contributed by atoms with van der Waals surface area (Å²) in [6, 6.07) is 4.00. The molecular formula is C18H24FIN4O5. The maximum atomic E-state index is 13.7. The first-order valence-electron chi connectivity index (χ1n) is 8.97. The highest BCUT2D eigenvalue weighted by Gasteiger charge is 2.32. The van der Waals surface area contributed by atoms with Crippen LogP contribution in [-0.2, 0) is 9.47 Å². The fourth-order valence-corrected chi connectivity index (χ4v) is 2.75. The zero-order valence-electron chi connectivity index (χ0n) is 16.4. The number of carbonyl (C=O) groups excluding carboxylic acids is 3. The number of halogens is 2. The second kappa shape index (κ2) is 9.94. The van der Waals surface area contributed by atoms with E-state index in [-0.39, 0.29) is 26.2 Å². The Morgan fingerprint density at radius 3 is 2.62 bits per heavy atom. The number of cyclic esters (lactones) is 1. The van der Waals surface area contributed by atoms with Gasteiger partial charge in [-0.25, -0.2) is 18.8 Å². The Labute approximate surface area is 181 Å². The number of urea groups is 1. The molecule has 0 saturated carbocycles. The van der Waals surface area contributed by atoms with E-state index >= 15 is 0 Å². The summed E-state index contributed by atoms with van der Waals surface area (Å²) in [4.78, 5) is 36.6. The predicted molar refractivity (Wildman–Crippen MR) is 112 cm³/mol. The van der Waals surface area contributed by atoms with Gasteiger partial charge in [0.1, 0.15) is 17.5 Å². The van der Waals surface area contributed by atoms with Crippen LogP contribution in [0.3, 0.4) is 0 Å². The number of hydrogen-bond donors (Lipinski definition) is 3. The number of hydrogen-bond acceptors (Lipinski definition) is 5. The van der Waals surface area contributed by atoms with E-state index in [1.165, 1.54) is 11.0 Å². The minimum absolute atomic E-state index is 0.0976. The van der Waals surface area contributed by atoms with Crippen LogP contribution < -0.4 is 20.9 Å². The van der Waals surface area contributed by atoms with Crippen LogP contribution in [0.25, 0.3) is 0 Å². The number of amides is 4. The largest absolute Gasteiger partial charge is 0.444 e. The number of anilines is 1. The van der Waals surface area contributed by atoms with Gasteiger partial charge in [0.15, 0.2) is 0 Å². The molecule has 160 valence electrons. The lowest BCUT2D eigenvalue weighted by molar-refractivity contribution is 0.0528. The third-order valence-electron chi connectivity index (χ3n) is 3.66. The van der Waals surface area contributed by atoms with E-state index < -0.39 is 35.7 Å². The highest BCUT2D eigenvalue weighted by Crippen LogP contribution is 2.24. The van der Waals surface area contributed by atoms with Gasteiger partial charge in [-0.2, -0.15) is 0 Å². The molecule has 1 aromatic rings. The number of benzene rings is 1. The Kier molecular flexibility index (Phi) is 7.88. The molecule has 0 aliphatic carbocycles. The molecule has 0 radical (unpaired) electrons. The number of nitrogens with one attached hydrogen (secondary N) is 3. The average molecular weight is 522 g/mol. The maximum absolute atomic E-state index is 13.7. The highest BCUT2D eigenvalue weighted by atomic mass is 127. The summed E-state index contributed by atoms with van der Waals surface area (Å²) in [6.45, 7) is 5.95. The molecule has 1 fully saturated rings. The lowest BCUT2D eigenvalue weighted by atomic mass is 10.2. The minimum Gasteiger partial charge on any atom is -0.444 e. The topological polar surface area (TPSA) is 109 Å². The van der Waals surface area contributed by atoms with E-state index in [0.717, 1.165) is 0 Å². The van der Waals surface area contributed by atoms with Crippen molar-refractivity contribution in [2.75, 3.05) is 31.1 Å². The van der Waals surface area contributed by atoms with Gasteiger partial charge in [-0.1, -0.05) is 0 Å². The second-order valence-corrected chi connectivity index (χ2v) is 8.44. The molecule has 2 rings (SSSR count). The van der Waals surface area contributed by atoms with E-state index in [1.807, 2.05) is 22.6 Å². The van der Waals surface area contributed by atoms with E-state index in [2.05, 4.69) is 16.0 Å². The van der Waals surface area contributed by atoms with Crippen molar-refractivity contribution in [3.63, 3.8) is 0 Å². The molecule has 11 heteroatoms. The molecule has 1 heterocycles. The Hall–Kier alpha value is -2.31. The summed E-state index contributed by atoms with van der Waals surface area (Å²) in [5.74, 6) is -0.420. The van der Waals surface area contributed by atoms with Crippen LogP contribution in [0.2, 0.25) is 0 Å². The predicted octanol–water partition coefficient (Wildman–Crippen LogP) is 2.58. The zero-order chi connectivity index (χ0) is 21.6. The van der Waals surface area contributed by atoms with Crippen molar-refractivity contribution in [3.05, 3.63) is 27.6 Å². The zero-order valence-corrected chi connectivity index (χ0v) is 18.5. The van der Waals surface area contributed by atoms with Gasteiger partial charge in [0, 0.05) is 16.7 Å². The third-order valence-corrected chi connectivity index (χ3v) is 4.53. The Balaban J connectivity index is 1.68. The van der Waals surface area contributed by atoms with Crippen LogP contribution in [0, 0.1) is 9.39 Å². The summed E-state index contributed by atoms with van der Waals surface area (Å²) in [5, 5.41) is 7.68. The first-order valence-corrected chi connectivity index (χ1v) is 10.0. The Bertz CT molecular complexity index is 771. The maximum Gasteiger partial charge on any atom is 0.414 e. The quantitative estimate of drug-likeness (QED) is 0.393. The lowest BCUT2D eigenvalue weighted by Gasteiger charge is -2.19. The highest BCUT2D eigenvalue weighted by molar-refractivity contribution is 14.1. The van der Waals surface area contributed by atoms with Crippen molar-refractivity contribution in [2.24, 2.45) is 0 Å². The van der Waals surface area contributed by atoms with Gasteiger partial charge in [0.25, 0.3) is 0 Å². The van der Waals surface area contributed by atoms with Crippen LogP contribution in [0.15, 0.2) is 18.2 Å². The Morgan fingerprint density at radius 2 is 1.97 bits per heavy atom. The number of ether oxygens (including phenoxy) is 2. The van der Waals surface area contributed by atoms with Gasteiger partial charge in [-0.05, 0) is 61.6 Å². The number of rotatable bonds is 6. The molecule has 0 aromatic heterocycles. The number of alkyl carbamates (subject to hydrolysis) is 1. The van der Waals surface area contributed by atoms with Crippen molar-refractivity contribution in [3.8, 4) is 0 Å². The van der Waals surface area contributed by atoms with Gasteiger partial charge < -0.3 is 25.4 Å². The summed E-state index contributed by atoms with van der Waals surface area (Å²) >= 11 is 1.86. The summed E-state index contributed by atoms with van der Waals surface area (Å²) in [5.41, 5.74) is -0.195. The van der Waals surface area contributed by atoms with Crippen molar-refractivity contribution in [1.82, 2.24) is 16.0 Å². The van der Waals surface area contributed by atoms with Crippen molar-refractivity contribution in [2.45, 2.75) is 32.5 Å². The molecule has 4 amide bonds. The van der Waals surface area contributed by atoms with Crippen molar-refractivity contribution >= 4 is 46.5 Å². The molecule has 29 heavy (non-hydrogen) atoms. The van der Waals surface area contributed by atoms with Gasteiger partial charge >= 0.3 is 18.2 Å². The van der Waals surface area contributed by atoms with Crippen LogP contribution in [-0.4, -0.2) is 56.1 Å². The molecule has 1 atom stereocenters. The molecule has 3 N–H and O–H groups in total. The Morgan fingerprint density at radius 1 is 1.28 bits per heavy atom. The van der Waals surface area contributed by atoms with Crippen LogP contribution in [0.1, 0.15) is 20.8 Å². The van der Waals surface area contributed by atoms with E-state index in [0.29, 0.717) is 9.26 Å². The molecule has 1 aromatic carbocycles. The SMILES string of the molecule is CC(C)(C)OC(=O)NCCNC(=O)NC[C@H]1CN(c2ccc(I)c(F)c2)C(=O)O1. The smallest absolute Gasteiger partial charge is 0.414 e. The fraction of sp³-hybridized carbons (Fsp3) is 0.500. The first-order chi connectivity index (χ1) is 13.5. The minimum atomic E-state index is -0.598. The fourth-order valence-electron chi connectivity index (χ4n) is 2.42. The first kappa shape index (κ1) is 23.0. The standard InChI is InChI=1S/C18H24FIN4O5/c1-18(2,3)29-16(26)22-7-6-21-15(25)23-9-12-10-24(17(27)28-12)11-4-5-14(20)13(19)8-11/h4-5,8,12H,6-7,9-10H2,1-3H3,(H,22,26)(H2,21,23,25)/t12-/m0/s1. The average Bonchev–Trinajstić information content (AvgIpc) is 2.98. The van der Waals surface area contributed by atoms with Gasteiger partial charge in [-0.3, -0.25) is 4.90 Å². The van der Waals surface area contributed by atoms with Crippen LogP contribution >= 0.6 is 22.6 Å². The molecule has 0 spiro atoms. The van der Waals surface area contributed by atoms with Gasteiger partial charge in [0.2, 0.25) is 0 Å². The molecule has 1 aliphatic heterocycles. The molecule has 9 nitrogen and oxygen atoms in total. The molecular weight excluding hydrogens is 498 g/mol. The number of carbonyl (C=O) groups is 3.